The lowest BCUT2D eigenvalue weighted by molar-refractivity contribution is -0.127. The van der Waals surface area contributed by atoms with E-state index in [4.69, 9.17) is 0 Å². The van der Waals surface area contributed by atoms with Crippen molar-refractivity contribution in [2.75, 3.05) is 18.0 Å². The molecule has 0 spiro atoms. The summed E-state index contributed by atoms with van der Waals surface area (Å²) in [6.45, 7) is 1.58. The van der Waals surface area contributed by atoms with Crippen molar-refractivity contribution in [1.82, 2.24) is 15.3 Å². The number of aliphatic hydroxyl groups is 1. The van der Waals surface area contributed by atoms with Crippen molar-refractivity contribution < 1.29 is 9.90 Å². The van der Waals surface area contributed by atoms with E-state index in [0.29, 0.717) is 6.42 Å². The van der Waals surface area contributed by atoms with Gasteiger partial charge in [0.05, 0.1) is 18.3 Å². The minimum absolute atomic E-state index is 0.0205. The first-order valence-corrected chi connectivity index (χ1v) is 8.79. The summed E-state index contributed by atoms with van der Waals surface area (Å²) in [6, 6.07) is 7.65. The van der Waals surface area contributed by atoms with Gasteiger partial charge in [-0.2, -0.15) is 0 Å². The molecule has 6 nitrogen and oxygen atoms in total. The number of aromatic nitrogens is 2. The standard InChI is InChI=1S/C19H22N4O2/c24-16-11-14-3-1-2-4-15(14)18(16)22-19(25)13-5-9-23(10-6-13)17-12-20-7-8-21-17/h1-4,7-8,12-13,16,18,24H,5-6,9-11H2,(H,22,25)/t16-,18-/m1/s1. The minimum Gasteiger partial charge on any atom is -0.390 e. The van der Waals surface area contributed by atoms with Gasteiger partial charge in [-0.15, -0.1) is 0 Å². The maximum atomic E-state index is 12.7. The van der Waals surface area contributed by atoms with Crippen LogP contribution in [-0.2, 0) is 11.2 Å². The van der Waals surface area contributed by atoms with Gasteiger partial charge in [0.15, 0.2) is 0 Å². The molecule has 0 radical (unpaired) electrons. The second-order valence-electron chi connectivity index (χ2n) is 6.78. The van der Waals surface area contributed by atoms with Gasteiger partial charge in [-0.1, -0.05) is 24.3 Å². The van der Waals surface area contributed by atoms with Gasteiger partial charge in [-0.3, -0.25) is 9.78 Å². The predicted molar refractivity (Wildman–Crippen MR) is 94.0 cm³/mol. The highest BCUT2D eigenvalue weighted by molar-refractivity contribution is 5.79. The Kier molecular flexibility index (Phi) is 4.36. The van der Waals surface area contributed by atoms with Crippen molar-refractivity contribution in [3.05, 3.63) is 54.0 Å². The number of hydrogen-bond acceptors (Lipinski definition) is 5. The van der Waals surface area contributed by atoms with Crippen molar-refractivity contribution in [2.24, 2.45) is 5.92 Å². The van der Waals surface area contributed by atoms with Gasteiger partial charge >= 0.3 is 0 Å². The first kappa shape index (κ1) is 16.0. The number of anilines is 1. The Bertz CT molecular complexity index is 744. The third-order valence-electron chi connectivity index (χ3n) is 5.24. The quantitative estimate of drug-likeness (QED) is 0.886. The van der Waals surface area contributed by atoms with Crippen LogP contribution >= 0.6 is 0 Å². The van der Waals surface area contributed by atoms with Crippen molar-refractivity contribution in [1.29, 1.82) is 0 Å². The summed E-state index contributed by atoms with van der Waals surface area (Å²) in [5, 5.41) is 13.4. The predicted octanol–water partition coefficient (Wildman–Crippen LogP) is 1.47. The Hall–Kier alpha value is -2.47. The normalized spacial score (nSPS) is 23.3. The van der Waals surface area contributed by atoms with Crippen molar-refractivity contribution >= 4 is 11.7 Å². The number of hydrogen-bond donors (Lipinski definition) is 2. The average Bonchev–Trinajstić information content (AvgIpc) is 2.98. The molecule has 25 heavy (non-hydrogen) atoms. The van der Waals surface area contributed by atoms with Gasteiger partial charge in [-0.25, -0.2) is 4.98 Å². The highest BCUT2D eigenvalue weighted by Gasteiger charge is 2.34. The monoisotopic (exact) mass is 338 g/mol. The van der Waals surface area contributed by atoms with E-state index in [-0.39, 0.29) is 17.9 Å². The molecule has 2 atom stereocenters. The first-order chi connectivity index (χ1) is 12.2. The second-order valence-corrected chi connectivity index (χ2v) is 6.78. The molecule has 0 unspecified atom stereocenters. The minimum atomic E-state index is -0.541. The van der Waals surface area contributed by atoms with E-state index < -0.39 is 6.10 Å². The number of amides is 1. The Morgan fingerprint density at radius 2 is 2.00 bits per heavy atom. The molecular formula is C19H22N4O2. The molecule has 130 valence electrons. The summed E-state index contributed by atoms with van der Waals surface area (Å²) >= 11 is 0. The molecule has 0 saturated carbocycles. The summed E-state index contributed by atoms with van der Waals surface area (Å²) in [4.78, 5) is 23.3. The largest absolute Gasteiger partial charge is 0.390 e. The number of aliphatic hydroxyl groups excluding tert-OH is 1. The molecule has 1 aliphatic heterocycles. The van der Waals surface area contributed by atoms with E-state index in [0.717, 1.165) is 42.9 Å². The molecule has 0 bridgehead atoms. The van der Waals surface area contributed by atoms with Crippen molar-refractivity contribution in [3.8, 4) is 0 Å². The van der Waals surface area contributed by atoms with Crippen LogP contribution in [0.15, 0.2) is 42.9 Å². The van der Waals surface area contributed by atoms with Gasteiger partial charge in [0.2, 0.25) is 5.91 Å². The van der Waals surface area contributed by atoms with Crippen molar-refractivity contribution in [3.63, 3.8) is 0 Å². The van der Waals surface area contributed by atoms with Gasteiger partial charge in [0, 0.05) is 37.8 Å². The first-order valence-electron chi connectivity index (χ1n) is 8.79. The summed E-state index contributed by atoms with van der Waals surface area (Å²) in [5.74, 6) is 0.883. The third kappa shape index (κ3) is 3.22. The van der Waals surface area contributed by atoms with E-state index in [2.05, 4.69) is 20.2 Å². The zero-order valence-electron chi connectivity index (χ0n) is 14.0. The smallest absolute Gasteiger partial charge is 0.223 e. The number of piperidine rings is 1. The van der Waals surface area contributed by atoms with Crippen LogP contribution in [-0.4, -0.2) is 40.2 Å². The molecule has 4 rings (SSSR count). The van der Waals surface area contributed by atoms with E-state index >= 15 is 0 Å². The van der Waals surface area contributed by atoms with Crippen LogP contribution in [0.3, 0.4) is 0 Å². The van der Waals surface area contributed by atoms with E-state index in [1.54, 1.807) is 18.6 Å². The Morgan fingerprint density at radius 1 is 1.20 bits per heavy atom. The van der Waals surface area contributed by atoms with E-state index in [1.165, 1.54) is 0 Å². The maximum absolute atomic E-state index is 12.7. The molecule has 2 heterocycles. The molecule has 1 aliphatic carbocycles. The molecule has 1 amide bonds. The number of benzene rings is 1. The SMILES string of the molecule is O=C(N[C@@H]1c2ccccc2C[C@H]1O)C1CCN(c2cnccn2)CC1. The fourth-order valence-electron chi connectivity index (χ4n) is 3.84. The average molecular weight is 338 g/mol. The lowest BCUT2D eigenvalue weighted by Gasteiger charge is -2.32. The van der Waals surface area contributed by atoms with Crippen LogP contribution < -0.4 is 10.2 Å². The van der Waals surface area contributed by atoms with Crippen LogP contribution in [0, 0.1) is 5.92 Å². The van der Waals surface area contributed by atoms with Crippen LogP contribution in [0.4, 0.5) is 5.82 Å². The number of nitrogens with zero attached hydrogens (tertiary/aromatic N) is 3. The molecule has 1 fully saturated rings. The summed E-state index contributed by atoms with van der Waals surface area (Å²) in [6.07, 6.45) is 6.74. The van der Waals surface area contributed by atoms with Gasteiger partial charge in [-0.05, 0) is 24.0 Å². The third-order valence-corrected chi connectivity index (χ3v) is 5.24. The zero-order chi connectivity index (χ0) is 17.2. The Morgan fingerprint density at radius 3 is 2.76 bits per heavy atom. The summed E-state index contributed by atoms with van der Waals surface area (Å²) < 4.78 is 0. The number of nitrogens with one attached hydrogen (secondary N) is 1. The fraction of sp³-hybridized carbons (Fsp3) is 0.421. The summed E-state index contributed by atoms with van der Waals surface area (Å²) in [5.41, 5.74) is 2.16. The van der Waals surface area contributed by atoms with Crippen LogP contribution in [0.25, 0.3) is 0 Å². The molecule has 2 aromatic rings. The zero-order valence-corrected chi connectivity index (χ0v) is 14.0. The van der Waals surface area contributed by atoms with E-state index in [9.17, 15) is 9.90 Å². The van der Waals surface area contributed by atoms with Gasteiger partial charge in [0.1, 0.15) is 5.82 Å². The van der Waals surface area contributed by atoms with Gasteiger partial charge < -0.3 is 15.3 Å². The molecule has 2 aliphatic rings. The molecular weight excluding hydrogens is 316 g/mol. The second kappa shape index (κ2) is 6.80. The fourth-order valence-corrected chi connectivity index (χ4v) is 3.84. The molecule has 1 aromatic carbocycles. The van der Waals surface area contributed by atoms with Crippen LogP contribution in [0.1, 0.15) is 30.0 Å². The number of fused-ring (bicyclic) bond motifs is 1. The van der Waals surface area contributed by atoms with Crippen LogP contribution in [0.5, 0.6) is 0 Å². The molecule has 1 aromatic heterocycles. The number of carbonyl (C=O) groups is 1. The van der Waals surface area contributed by atoms with Crippen molar-refractivity contribution in [2.45, 2.75) is 31.4 Å². The lowest BCUT2D eigenvalue weighted by Crippen LogP contribution is -2.43. The van der Waals surface area contributed by atoms with E-state index in [1.807, 2.05) is 24.3 Å². The maximum Gasteiger partial charge on any atom is 0.223 e. The molecule has 1 saturated heterocycles. The molecule has 6 heteroatoms. The lowest BCUT2D eigenvalue weighted by atomic mass is 9.95. The highest BCUT2D eigenvalue weighted by Crippen LogP contribution is 2.32. The highest BCUT2D eigenvalue weighted by atomic mass is 16.3. The van der Waals surface area contributed by atoms with Crippen LogP contribution in [0.2, 0.25) is 0 Å². The molecule has 2 N–H and O–H groups in total. The number of carbonyl (C=O) groups excluding carboxylic acids is 1. The Labute approximate surface area is 146 Å². The summed E-state index contributed by atoms with van der Waals surface area (Å²) in [7, 11) is 0. The number of rotatable bonds is 3. The Balaban J connectivity index is 1.37. The topological polar surface area (TPSA) is 78.4 Å². The van der Waals surface area contributed by atoms with Gasteiger partial charge in [0.25, 0.3) is 0 Å².